The predicted molar refractivity (Wildman–Crippen MR) is 161 cm³/mol. The summed E-state index contributed by atoms with van der Waals surface area (Å²) in [6.07, 6.45) is 12.0. The lowest BCUT2D eigenvalue weighted by molar-refractivity contribution is -0.114. The number of aryl methyl sites for hydroxylation is 1. The molecule has 0 radical (unpaired) electrons. The molecule has 0 aliphatic carbocycles. The highest BCUT2D eigenvalue weighted by Crippen LogP contribution is 2.45. The number of benzene rings is 3. The van der Waals surface area contributed by atoms with E-state index in [1.54, 1.807) is 12.1 Å². The third-order valence-corrected chi connectivity index (χ3v) is 8.48. The number of anilines is 1. The maximum atomic E-state index is 12.2. The molecule has 0 atom stereocenters. The van der Waals surface area contributed by atoms with Gasteiger partial charge < -0.3 is 10.4 Å². The summed E-state index contributed by atoms with van der Waals surface area (Å²) in [4.78, 5) is 10.2. The monoisotopic (exact) mass is 619 g/mol. The van der Waals surface area contributed by atoms with E-state index in [9.17, 15) is 35.8 Å². The van der Waals surface area contributed by atoms with Gasteiger partial charge in [0.25, 0.3) is 20.2 Å². The Morgan fingerprint density at radius 1 is 0.810 bits per heavy atom. The fourth-order valence-electron chi connectivity index (χ4n) is 4.67. The molecule has 0 aliphatic heterocycles. The first-order valence-corrected chi connectivity index (χ1v) is 16.8. The van der Waals surface area contributed by atoms with Crippen molar-refractivity contribution in [2.45, 2.75) is 87.8 Å². The Morgan fingerprint density at radius 2 is 1.40 bits per heavy atom. The number of aromatic hydroxyl groups is 1. The molecule has 0 bridgehead atoms. The summed E-state index contributed by atoms with van der Waals surface area (Å²) in [5.41, 5.74) is 0.619. The van der Waals surface area contributed by atoms with Crippen molar-refractivity contribution >= 4 is 54.0 Å². The second kappa shape index (κ2) is 14.7. The van der Waals surface area contributed by atoms with Gasteiger partial charge in [0.2, 0.25) is 5.91 Å². The van der Waals surface area contributed by atoms with Gasteiger partial charge in [0.05, 0.1) is 16.3 Å². The maximum Gasteiger partial charge on any atom is 0.296 e. The molecule has 228 valence electrons. The summed E-state index contributed by atoms with van der Waals surface area (Å²) in [6, 6.07) is 9.81. The molecule has 0 saturated carbocycles. The topological polar surface area (TPSA) is 183 Å². The van der Waals surface area contributed by atoms with Gasteiger partial charge in [-0.25, -0.2) is 0 Å². The van der Waals surface area contributed by atoms with Crippen molar-refractivity contribution in [2.24, 2.45) is 10.2 Å². The Bertz CT molecular complexity index is 1650. The first kappa shape index (κ1) is 33.1. The van der Waals surface area contributed by atoms with Crippen LogP contribution in [0.5, 0.6) is 5.75 Å². The minimum absolute atomic E-state index is 0.171. The molecule has 11 nitrogen and oxygen atoms in total. The highest BCUT2D eigenvalue weighted by molar-refractivity contribution is 7.86. The minimum Gasteiger partial charge on any atom is -0.505 e. The fraction of sp³-hybridized carbons (Fsp3) is 0.414. The van der Waals surface area contributed by atoms with E-state index in [0.717, 1.165) is 49.9 Å². The van der Waals surface area contributed by atoms with Crippen LogP contribution in [0.15, 0.2) is 62.5 Å². The number of nitrogens with one attached hydrogen (secondary N) is 1. The molecule has 42 heavy (non-hydrogen) atoms. The van der Waals surface area contributed by atoms with Gasteiger partial charge in [-0.05, 0) is 54.1 Å². The van der Waals surface area contributed by atoms with E-state index in [1.165, 1.54) is 44.9 Å². The Kier molecular flexibility index (Phi) is 11.6. The first-order chi connectivity index (χ1) is 19.8. The number of phenols is 1. The van der Waals surface area contributed by atoms with Crippen LogP contribution in [-0.2, 0) is 31.5 Å². The summed E-state index contributed by atoms with van der Waals surface area (Å²) in [5.74, 6) is -1.41. The average Bonchev–Trinajstić information content (AvgIpc) is 2.90. The van der Waals surface area contributed by atoms with Gasteiger partial charge in [0, 0.05) is 12.3 Å². The molecular weight excluding hydrogens is 582 g/mol. The molecule has 0 aromatic heterocycles. The van der Waals surface area contributed by atoms with Crippen LogP contribution in [0, 0.1) is 0 Å². The number of hydrogen-bond donors (Lipinski definition) is 4. The van der Waals surface area contributed by atoms with E-state index >= 15 is 0 Å². The summed E-state index contributed by atoms with van der Waals surface area (Å²) < 4.78 is 67.2. The highest BCUT2D eigenvalue weighted by atomic mass is 32.2. The summed E-state index contributed by atoms with van der Waals surface area (Å²) >= 11 is 0. The average molecular weight is 620 g/mol. The van der Waals surface area contributed by atoms with Gasteiger partial charge in [-0.1, -0.05) is 70.4 Å². The Balaban J connectivity index is 1.84. The van der Waals surface area contributed by atoms with E-state index in [0.29, 0.717) is 5.69 Å². The molecular formula is C29H37N3O8S2. The number of phenolic OH excluding ortho intramolecular Hbond substituents is 1. The van der Waals surface area contributed by atoms with Gasteiger partial charge in [-0.3, -0.25) is 13.9 Å². The molecule has 0 saturated heterocycles. The number of carbonyl (C=O) groups is 1. The Labute approximate surface area is 246 Å². The van der Waals surface area contributed by atoms with E-state index in [4.69, 9.17) is 0 Å². The molecule has 4 N–H and O–H groups in total. The predicted octanol–water partition coefficient (Wildman–Crippen LogP) is 7.49. The molecule has 3 rings (SSSR count). The minimum atomic E-state index is -4.98. The van der Waals surface area contributed by atoms with Gasteiger partial charge in [0.15, 0.2) is 5.75 Å². The second-order valence-corrected chi connectivity index (χ2v) is 13.0. The van der Waals surface area contributed by atoms with Crippen LogP contribution in [0.4, 0.5) is 17.1 Å². The number of carbonyl (C=O) groups excluding carboxylic acids is 1. The van der Waals surface area contributed by atoms with Crippen LogP contribution < -0.4 is 5.32 Å². The molecule has 0 heterocycles. The van der Waals surface area contributed by atoms with Crippen LogP contribution in [0.25, 0.3) is 10.8 Å². The molecule has 3 aromatic carbocycles. The van der Waals surface area contributed by atoms with Gasteiger partial charge in [0.1, 0.15) is 10.6 Å². The van der Waals surface area contributed by atoms with Crippen molar-refractivity contribution < 1.29 is 35.8 Å². The molecule has 13 heteroatoms. The van der Waals surface area contributed by atoms with Crippen molar-refractivity contribution in [1.82, 2.24) is 0 Å². The fourth-order valence-corrected chi connectivity index (χ4v) is 5.87. The van der Waals surface area contributed by atoms with Crippen molar-refractivity contribution in [3.63, 3.8) is 0 Å². The highest BCUT2D eigenvalue weighted by Gasteiger charge is 2.25. The van der Waals surface area contributed by atoms with Gasteiger partial charge in [-0.2, -0.15) is 21.9 Å². The lowest BCUT2D eigenvalue weighted by Gasteiger charge is -2.14. The molecule has 0 spiro atoms. The third kappa shape index (κ3) is 9.31. The Hall–Kier alpha value is -3.39. The lowest BCUT2D eigenvalue weighted by atomic mass is 10.0. The molecule has 3 aromatic rings. The zero-order valence-electron chi connectivity index (χ0n) is 23.7. The van der Waals surface area contributed by atoms with Crippen LogP contribution in [-0.4, -0.2) is 37.0 Å². The summed E-state index contributed by atoms with van der Waals surface area (Å²) in [5, 5.41) is 20.9. The van der Waals surface area contributed by atoms with Crippen molar-refractivity contribution in [3.8, 4) is 5.75 Å². The third-order valence-electron chi connectivity index (χ3n) is 6.78. The van der Waals surface area contributed by atoms with Crippen LogP contribution in [0.3, 0.4) is 0 Å². The number of unbranched alkanes of at least 4 members (excludes halogenated alkanes) is 8. The van der Waals surface area contributed by atoms with E-state index in [2.05, 4.69) is 22.5 Å². The van der Waals surface area contributed by atoms with E-state index < -0.39 is 47.4 Å². The van der Waals surface area contributed by atoms with Crippen LogP contribution in [0.2, 0.25) is 0 Å². The van der Waals surface area contributed by atoms with E-state index in [-0.39, 0.29) is 16.5 Å². The maximum absolute atomic E-state index is 12.2. The van der Waals surface area contributed by atoms with Crippen molar-refractivity contribution in [2.75, 3.05) is 5.32 Å². The SMILES string of the molecule is CCCCCCCCCCCc1ccc(N=Nc2c(S(=O)(=O)O)cc3cc(S(=O)(=O)O)cc(NC(C)=O)c3c2O)cc1. The molecule has 0 unspecified atom stereocenters. The second-order valence-electron chi connectivity index (χ2n) is 10.2. The molecule has 0 aliphatic rings. The van der Waals surface area contributed by atoms with E-state index in [1.807, 2.05) is 12.1 Å². The Morgan fingerprint density at radius 3 is 1.95 bits per heavy atom. The van der Waals surface area contributed by atoms with Crippen LogP contribution in [0.1, 0.15) is 77.2 Å². The normalized spacial score (nSPS) is 12.3. The van der Waals surface area contributed by atoms with Crippen LogP contribution >= 0.6 is 0 Å². The van der Waals surface area contributed by atoms with Crippen molar-refractivity contribution in [1.29, 1.82) is 0 Å². The molecule has 0 fully saturated rings. The number of amides is 1. The summed E-state index contributed by atoms with van der Waals surface area (Å²) in [7, 11) is -9.75. The zero-order chi connectivity index (χ0) is 30.9. The quantitative estimate of drug-likeness (QED) is 0.0766. The number of azo groups is 1. The van der Waals surface area contributed by atoms with Gasteiger partial charge >= 0.3 is 0 Å². The number of fused-ring (bicyclic) bond motifs is 1. The smallest absolute Gasteiger partial charge is 0.296 e. The largest absolute Gasteiger partial charge is 0.505 e. The summed E-state index contributed by atoms with van der Waals surface area (Å²) in [6.45, 7) is 3.35. The zero-order valence-corrected chi connectivity index (χ0v) is 25.3. The lowest BCUT2D eigenvalue weighted by Crippen LogP contribution is -2.08. The number of rotatable bonds is 15. The van der Waals surface area contributed by atoms with Crippen molar-refractivity contribution in [3.05, 3.63) is 48.0 Å². The standard InChI is InChI=1S/C29H37N3O8S2/c1-3-4-5-6-7-8-9-10-11-12-21-13-15-23(16-14-21)31-32-28-26(42(38,39)40)18-22-17-24(41(35,36)37)19-25(30-20(2)33)27(22)29(28)34/h13-19,34H,3-12H2,1-2H3,(H,30,33)(H,35,36,37)(H,38,39,40). The van der Waals surface area contributed by atoms with Gasteiger partial charge in [-0.15, -0.1) is 5.11 Å². The number of hydrogen-bond acceptors (Lipinski definition) is 8. The molecule has 1 amide bonds. The number of nitrogens with zero attached hydrogens (tertiary/aromatic N) is 2. The first-order valence-electron chi connectivity index (χ1n) is 13.9.